The Morgan fingerprint density at radius 3 is 2.61 bits per heavy atom. The third-order valence-corrected chi connectivity index (χ3v) is 3.62. The molecule has 2 N–H and O–H groups in total. The van der Waals surface area contributed by atoms with Gasteiger partial charge in [0.15, 0.2) is 5.96 Å². The molecule has 0 saturated carbocycles. The molecule has 2 fully saturated rings. The third kappa shape index (κ3) is 6.70. The van der Waals surface area contributed by atoms with Gasteiger partial charge in [-0.15, -0.1) is 24.0 Å². The molecule has 2 aliphatic rings. The van der Waals surface area contributed by atoms with Gasteiger partial charge in [0.2, 0.25) is 0 Å². The van der Waals surface area contributed by atoms with Crippen molar-refractivity contribution >= 4 is 36.0 Å². The molecule has 0 aliphatic carbocycles. The lowest BCUT2D eigenvalue weighted by Gasteiger charge is -2.40. The number of likely N-dealkylation sites (tertiary alicyclic amines) is 1. The highest BCUT2D eigenvalue weighted by Crippen LogP contribution is 2.15. The normalized spacial score (nSPS) is 22.2. The Kier molecular flexibility index (Phi) is 7.85. The number of nitrogens with zero attached hydrogens (tertiary/aromatic N) is 2. The average Bonchev–Trinajstić information content (AvgIpc) is 2.87. The summed E-state index contributed by atoms with van der Waals surface area (Å²) in [6, 6.07) is 0.211. The fourth-order valence-corrected chi connectivity index (χ4v) is 2.45. The van der Waals surface area contributed by atoms with Crippen LogP contribution < -0.4 is 10.6 Å². The van der Waals surface area contributed by atoms with Crippen molar-refractivity contribution < 1.29 is 14.3 Å². The number of aliphatic imine (C=N–C) groups is 1. The van der Waals surface area contributed by atoms with Gasteiger partial charge in [-0.2, -0.15) is 0 Å². The van der Waals surface area contributed by atoms with Gasteiger partial charge in [0, 0.05) is 33.3 Å². The van der Waals surface area contributed by atoms with Crippen LogP contribution in [0.2, 0.25) is 0 Å². The monoisotopic (exact) mass is 440 g/mol. The van der Waals surface area contributed by atoms with Crippen LogP contribution in [-0.4, -0.2) is 68.0 Å². The van der Waals surface area contributed by atoms with Crippen molar-refractivity contribution in [3.05, 3.63) is 0 Å². The van der Waals surface area contributed by atoms with Crippen molar-refractivity contribution in [1.29, 1.82) is 0 Å². The second-order valence-corrected chi connectivity index (χ2v) is 6.81. The summed E-state index contributed by atoms with van der Waals surface area (Å²) >= 11 is 0. The first-order valence-corrected chi connectivity index (χ1v) is 7.94. The Balaban J connectivity index is 0.00000264. The minimum Gasteiger partial charge on any atom is -0.444 e. The van der Waals surface area contributed by atoms with E-state index in [1.807, 2.05) is 20.8 Å². The lowest BCUT2D eigenvalue weighted by atomic mass is 10.1. The molecule has 0 radical (unpaired) electrons. The van der Waals surface area contributed by atoms with Gasteiger partial charge >= 0.3 is 6.09 Å². The van der Waals surface area contributed by atoms with Crippen LogP contribution in [0.5, 0.6) is 0 Å². The molecular formula is C15H29IN4O3. The molecule has 0 aromatic heterocycles. The van der Waals surface area contributed by atoms with Crippen LogP contribution in [0.1, 0.15) is 33.6 Å². The molecule has 8 heteroatoms. The van der Waals surface area contributed by atoms with Gasteiger partial charge in [-0.05, 0) is 33.6 Å². The highest BCUT2D eigenvalue weighted by Gasteiger charge is 2.34. The van der Waals surface area contributed by atoms with Gasteiger partial charge < -0.3 is 25.0 Å². The molecule has 2 heterocycles. The number of halogens is 1. The van der Waals surface area contributed by atoms with E-state index >= 15 is 0 Å². The maximum Gasteiger partial charge on any atom is 0.410 e. The standard InChI is InChI=1S/C15H28N4O3.HI/c1-15(2,3)22-14(20)19-9-11(10-19)18-13(16-4)17-8-12-6-5-7-21-12;/h11-12H,5-10H2,1-4H3,(H2,16,17,18);1H. The number of guanidine groups is 1. The van der Waals surface area contributed by atoms with Crippen LogP contribution in [0.15, 0.2) is 4.99 Å². The highest BCUT2D eigenvalue weighted by atomic mass is 127. The van der Waals surface area contributed by atoms with Gasteiger partial charge in [0.1, 0.15) is 5.60 Å². The SMILES string of the molecule is CN=C(NCC1CCCO1)NC1CN(C(=O)OC(C)(C)C)C1.I. The largest absolute Gasteiger partial charge is 0.444 e. The van der Waals surface area contributed by atoms with Crippen LogP contribution in [-0.2, 0) is 9.47 Å². The second-order valence-electron chi connectivity index (χ2n) is 6.81. The van der Waals surface area contributed by atoms with Crippen molar-refractivity contribution in [2.24, 2.45) is 4.99 Å². The van der Waals surface area contributed by atoms with Gasteiger partial charge in [-0.3, -0.25) is 4.99 Å². The van der Waals surface area contributed by atoms with Gasteiger partial charge in [-0.1, -0.05) is 0 Å². The van der Waals surface area contributed by atoms with Gasteiger partial charge in [-0.25, -0.2) is 4.79 Å². The Labute approximate surface area is 155 Å². The fraction of sp³-hybridized carbons (Fsp3) is 0.867. The van der Waals surface area contributed by atoms with E-state index in [9.17, 15) is 4.79 Å². The Morgan fingerprint density at radius 2 is 2.09 bits per heavy atom. The number of carbonyl (C=O) groups excluding carboxylic acids is 1. The predicted molar refractivity (Wildman–Crippen MR) is 100 cm³/mol. The molecule has 1 unspecified atom stereocenters. The summed E-state index contributed by atoms with van der Waals surface area (Å²) in [7, 11) is 1.75. The number of hydrogen-bond acceptors (Lipinski definition) is 4. The smallest absolute Gasteiger partial charge is 0.410 e. The van der Waals surface area contributed by atoms with Crippen LogP contribution >= 0.6 is 24.0 Å². The highest BCUT2D eigenvalue weighted by molar-refractivity contribution is 14.0. The molecule has 2 aliphatic heterocycles. The molecular weight excluding hydrogens is 411 g/mol. The first-order valence-electron chi connectivity index (χ1n) is 7.94. The van der Waals surface area contributed by atoms with E-state index in [-0.39, 0.29) is 42.2 Å². The van der Waals surface area contributed by atoms with E-state index < -0.39 is 5.60 Å². The van der Waals surface area contributed by atoms with E-state index in [1.165, 1.54) is 0 Å². The molecule has 2 saturated heterocycles. The van der Waals surface area contributed by atoms with E-state index in [2.05, 4.69) is 15.6 Å². The number of hydrogen-bond donors (Lipinski definition) is 2. The van der Waals surface area contributed by atoms with E-state index in [1.54, 1.807) is 11.9 Å². The third-order valence-electron chi connectivity index (χ3n) is 3.62. The minimum atomic E-state index is -0.450. The first kappa shape index (κ1) is 20.3. The van der Waals surface area contributed by atoms with Crippen LogP contribution in [0.3, 0.4) is 0 Å². The molecule has 0 spiro atoms. The molecule has 1 amide bonds. The zero-order valence-corrected chi connectivity index (χ0v) is 16.8. The van der Waals surface area contributed by atoms with E-state index in [0.717, 1.165) is 32.0 Å². The van der Waals surface area contributed by atoms with Gasteiger partial charge in [0.05, 0.1) is 12.1 Å². The van der Waals surface area contributed by atoms with Crippen molar-refractivity contribution in [3.63, 3.8) is 0 Å². The quantitative estimate of drug-likeness (QED) is 0.396. The van der Waals surface area contributed by atoms with E-state index in [0.29, 0.717) is 13.1 Å². The summed E-state index contributed by atoms with van der Waals surface area (Å²) in [6.07, 6.45) is 2.25. The Bertz CT molecular complexity index is 413. The maximum atomic E-state index is 11.9. The number of carbonyl (C=O) groups is 1. The van der Waals surface area contributed by atoms with Crippen molar-refractivity contribution in [3.8, 4) is 0 Å². The summed E-state index contributed by atoms with van der Waals surface area (Å²) in [5.74, 6) is 0.754. The number of nitrogens with one attached hydrogen (secondary N) is 2. The molecule has 0 aromatic rings. The van der Waals surface area contributed by atoms with E-state index in [4.69, 9.17) is 9.47 Å². The predicted octanol–water partition coefficient (Wildman–Crippen LogP) is 1.57. The summed E-state index contributed by atoms with van der Waals surface area (Å²) < 4.78 is 10.9. The Hall–Kier alpha value is -0.770. The van der Waals surface area contributed by atoms with Crippen LogP contribution in [0, 0.1) is 0 Å². The molecule has 2 rings (SSSR count). The van der Waals surface area contributed by atoms with Crippen molar-refractivity contribution in [1.82, 2.24) is 15.5 Å². The Morgan fingerprint density at radius 1 is 1.39 bits per heavy atom. The van der Waals surface area contributed by atoms with Crippen molar-refractivity contribution in [2.45, 2.75) is 51.4 Å². The lowest BCUT2D eigenvalue weighted by molar-refractivity contribution is 0.00700. The average molecular weight is 440 g/mol. The second kappa shape index (κ2) is 8.91. The lowest BCUT2D eigenvalue weighted by Crippen LogP contribution is -2.63. The molecule has 0 bridgehead atoms. The fourth-order valence-electron chi connectivity index (χ4n) is 2.45. The van der Waals surface area contributed by atoms with Crippen LogP contribution in [0.4, 0.5) is 4.79 Å². The van der Waals surface area contributed by atoms with Crippen LogP contribution in [0.25, 0.3) is 0 Å². The minimum absolute atomic E-state index is 0. The zero-order valence-electron chi connectivity index (χ0n) is 14.4. The summed E-state index contributed by atoms with van der Waals surface area (Å²) in [6.45, 7) is 8.50. The molecule has 0 aromatic carbocycles. The first-order chi connectivity index (χ1) is 10.4. The molecule has 23 heavy (non-hydrogen) atoms. The summed E-state index contributed by atoms with van der Waals surface area (Å²) in [4.78, 5) is 17.8. The summed E-state index contributed by atoms with van der Waals surface area (Å²) in [5.41, 5.74) is -0.450. The molecule has 7 nitrogen and oxygen atoms in total. The molecule has 1 atom stereocenters. The maximum absolute atomic E-state index is 11.9. The zero-order chi connectivity index (χ0) is 16.2. The topological polar surface area (TPSA) is 75.2 Å². The number of rotatable bonds is 3. The summed E-state index contributed by atoms with van der Waals surface area (Å²) in [5, 5.41) is 6.58. The number of ether oxygens (including phenoxy) is 2. The molecule has 134 valence electrons. The van der Waals surface area contributed by atoms with Crippen molar-refractivity contribution in [2.75, 3.05) is 33.3 Å². The van der Waals surface area contributed by atoms with Gasteiger partial charge in [0.25, 0.3) is 0 Å². The number of amides is 1.